The predicted octanol–water partition coefficient (Wildman–Crippen LogP) is 4.19. The minimum absolute atomic E-state index is 0.126. The number of hydrogen-bond donors (Lipinski definition) is 1. The van der Waals surface area contributed by atoms with Crippen LogP contribution in [0.15, 0.2) is 57.5 Å². The van der Waals surface area contributed by atoms with Crippen molar-refractivity contribution in [3.05, 3.63) is 47.8 Å². The Bertz CT molecular complexity index is 1040. The number of carbonyl (C=O) groups is 1. The van der Waals surface area contributed by atoms with Gasteiger partial charge in [-0.05, 0) is 23.6 Å². The standard InChI is InChI=1S/C17H11N3O3S2/c21-15(22)9-25-17-20-19-16(23-17)11-8-13(14-6-3-7-24-14)18-12-5-2-1-4-10(11)12/h1-8H,9H2,(H,21,22). The van der Waals surface area contributed by atoms with E-state index in [1.807, 2.05) is 47.8 Å². The van der Waals surface area contributed by atoms with Crippen LogP contribution in [0.2, 0.25) is 0 Å². The van der Waals surface area contributed by atoms with Crippen molar-refractivity contribution in [3.63, 3.8) is 0 Å². The van der Waals surface area contributed by atoms with E-state index in [0.29, 0.717) is 5.89 Å². The Hall–Kier alpha value is -2.71. The molecule has 1 N–H and O–H groups in total. The highest BCUT2D eigenvalue weighted by Gasteiger charge is 2.16. The monoisotopic (exact) mass is 369 g/mol. The van der Waals surface area contributed by atoms with E-state index in [9.17, 15) is 4.79 Å². The largest absolute Gasteiger partial charge is 0.481 e. The predicted molar refractivity (Wildman–Crippen MR) is 96.7 cm³/mol. The summed E-state index contributed by atoms with van der Waals surface area (Å²) in [6, 6.07) is 13.6. The maximum absolute atomic E-state index is 10.7. The lowest BCUT2D eigenvalue weighted by Crippen LogP contribution is -1.97. The van der Waals surface area contributed by atoms with Crippen molar-refractivity contribution >= 4 is 40.0 Å². The van der Waals surface area contributed by atoms with Crippen molar-refractivity contribution < 1.29 is 14.3 Å². The molecule has 0 aliphatic heterocycles. The maximum atomic E-state index is 10.7. The maximum Gasteiger partial charge on any atom is 0.314 e. The summed E-state index contributed by atoms with van der Waals surface area (Å²) in [6.45, 7) is 0. The van der Waals surface area contributed by atoms with Crippen LogP contribution in [0, 0.1) is 0 Å². The first-order valence-electron chi connectivity index (χ1n) is 7.33. The summed E-state index contributed by atoms with van der Waals surface area (Å²) in [5.41, 5.74) is 2.45. The lowest BCUT2D eigenvalue weighted by molar-refractivity contribution is -0.133. The number of pyridine rings is 1. The Morgan fingerprint density at radius 3 is 2.88 bits per heavy atom. The van der Waals surface area contributed by atoms with Gasteiger partial charge in [0.1, 0.15) is 5.75 Å². The van der Waals surface area contributed by atoms with Crippen molar-refractivity contribution in [2.24, 2.45) is 0 Å². The molecule has 25 heavy (non-hydrogen) atoms. The molecule has 0 unspecified atom stereocenters. The van der Waals surface area contributed by atoms with E-state index in [-0.39, 0.29) is 11.0 Å². The molecule has 6 nitrogen and oxygen atoms in total. The zero-order valence-electron chi connectivity index (χ0n) is 12.7. The number of rotatable bonds is 5. The third-order valence-corrected chi connectivity index (χ3v) is 5.14. The first kappa shape index (κ1) is 15.8. The molecule has 0 atom stereocenters. The Morgan fingerprint density at radius 1 is 1.20 bits per heavy atom. The summed E-state index contributed by atoms with van der Waals surface area (Å²) in [6.07, 6.45) is 0. The summed E-state index contributed by atoms with van der Waals surface area (Å²) in [5, 5.41) is 19.9. The van der Waals surface area contributed by atoms with Gasteiger partial charge in [0.15, 0.2) is 0 Å². The van der Waals surface area contributed by atoms with Crippen LogP contribution in [-0.4, -0.2) is 32.0 Å². The van der Waals surface area contributed by atoms with Crippen molar-refractivity contribution in [2.45, 2.75) is 5.22 Å². The number of aromatic nitrogens is 3. The molecule has 3 heterocycles. The van der Waals surface area contributed by atoms with Crippen LogP contribution in [0.3, 0.4) is 0 Å². The second kappa shape index (κ2) is 6.66. The lowest BCUT2D eigenvalue weighted by atomic mass is 10.1. The highest BCUT2D eigenvalue weighted by atomic mass is 32.2. The normalized spacial score (nSPS) is 11.0. The summed E-state index contributed by atoms with van der Waals surface area (Å²) in [7, 11) is 0. The van der Waals surface area contributed by atoms with E-state index < -0.39 is 5.97 Å². The molecule has 8 heteroatoms. The van der Waals surface area contributed by atoms with Gasteiger partial charge in [-0.15, -0.1) is 21.5 Å². The third kappa shape index (κ3) is 3.26. The lowest BCUT2D eigenvalue weighted by Gasteiger charge is -2.05. The number of hydrogen-bond acceptors (Lipinski definition) is 7. The van der Waals surface area contributed by atoms with Crippen molar-refractivity contribution in [3.8, 4) is 22.0 Å². The molecule has 0 saturated carbocycles. The van der Waals surface area contributed by atoms with Crippen molar-refractivity contribution in [2.75, 3.05) is 5.75 Å². The van der Waals surface area contributed by atoms with E-state index in [4.69, 9.17) is 14.5 Å². The van der Waals surface area contributed by atoms with E-state index >= 15 is 0 Å². The summed E-state index contributed by atoms with van der Waals surface area (Å²) >= 11 is 2.60. The second-order valence-corrected chi connectivity index (χ2v) is 6.98. The fourth-order valence-corrected chi connectivity index (χ4v) is 3.57. The third-order valence-electron chi connectivity index (χ3n) is 3.45. The number of aliphatic carboxylic acids is 1. The zero-order valence-corrected chi connectivity index (χ0v) is 14.4. The molecule has 0 bridgehead atoms. The van der Waals surface area contributed by atoms with Gasteiger partial charge < -0.3 is 9.52 Å². The molecule has 0 saturated heterocycles. The number of thioether (sulfide) groups is 1. The van der Waals surface area contributed by atoms with Gasteiger partial charge in [-0.3, -0.25) is 4.79 Å². The van der Waals surface area contributed by atoms with Crippen LogP contribution < -0.4 is 0 Å². The minimum atomic E-state index is -0.931. The van der Waals surface area contributed by atoms with Gasteiger partial charge in [0.05, 0.1) is 21.7 Å². The smallest absolute Gasteiger partial charge is 0.314 e. The minimum Gasteiger partial charge on any atom is -0.481 e. The number of carboxylic acids is 1. The number of thiophene rings is 1. The molecule has 4 aromatic rings. The zero-order chi connectivity index (χ0) is 17.2. The number of benzene rings is 1. The fraction of sp³-hybridized carbons (Fsp3) is 0.0588. The Morgan fingerprint density at radius 2 is 2.08 bits per heavy atom. The molecule has 0 aliphatic carbocycles. The van der Waals surface area contributed by atoms with Crippen LogP contribution in [0.25, 0.3) is 32.9 Å². The molecule has 0 fully saturated rings. The van der Waals surface area contributed by atoms with Crippen molar-refractivity contribution in [1.29, 1.82) is 0 Å². The molecular formula is C17H11N3O3S2. The highest BCUT2D eigenvalue weighted by molar-refractivity contribution is 7.99. The van der Waals surface area contributed by atoms with Gasteiger partial charge in [-0.1, -0.05) is 36.0 Å². The first-order chi connectivity index (χ1) is 12.2. The molecule has 4 rings (SSSR count). The van der Waals surface area contributed by atoms with Gasteiger partial charge in [0.25, 0.3) is 5.22 Å². The molecule has 3 aromatic heterocycles. The number of para-hydroxylation sites is 1. The van der Waals surface area contributed by atoms with E-state index in [1.165, 1.54) is 0 Å². The molecule has 0 spiro atoms. The number of nitrogens with zero attached hydrogens (tertiary/aromatic N) is 3. The topological polar surface area (TPSA) is 89.1 Å². The van der Waals surface area contributed by atoms with Crippen LogP contribution in [0.5, 0.6) is 0 Å². The van der Waals surface area contributed by atoms with Gasteiger partial charge in [-0.25, -0.2) is 4.98 Å². The van der Waals surface area contributed by atoms with Crippen molar-refractivity contribution in [1.82, 2.24) is 15.2 Å². The average molecular weight is 369 g/mol. The number of carboxylic acid groups (broad SMARTS) is 1. The first-order valence-corrected chi connectivity index (χ1v) is 9.19. The quantitative estimate of drug-likeness (QED) is 0.528. The van der Waals surface area contributed by atoms with E-state index in [0.717, 1.165) is 38.8 Å². The van der Waals surface area contributed by atoms with Crippen LogP contribution in [0.4, 0.5) is 0 Å². The SMILES string of the molecule is O=C(O)CSc1nnc(-c2cc(-c3cccs3)nc3ccccc23)o1. The molecule has 0 amide bonds. The Balaban J connectivity index is 1.81. The Kier molecular flexibility index (Phi) is 4.21. The molecule has 0 radical (unpaired) electrons. The van der Waals surface area contributed by atoms with E-state index in [2.05, 4.69) is 10.2 Å². The summed E-state index contributed by atoms with van der Waals surface area (Å²) in [4.78, 5) is 16.4. The van der Waals surface area contributed by atoms with Gasteiger partial charge >= 0.3 is 5.97 Å². The fourth-order valence-electron chi connectivity index (χ4n) is 2.40. The second-order valence-electron chi connectivity index (χ2n) is 5.11. The van der Waals surface area contributed by atoms with Crippen LogP contribution in [-0.2, 0) is 4.79 Å². The average Bonchev–Trinajstić information content (AvgIpc) is 3.31. The highest BCUT2D eigenvalue weighted by Crippen LogP contribution is 2.33. The molecular weight excluding hydrogens is 358 g/mol. The van der Waals surface area contributed by atoms with Gasteiger partial charge in [0, 0.05) is 5.39 Å². The summed E-state index contributed by atoms with van der Waals surface area (Å²) < 4.78 is 5.65. The van der Waals surface area contributed by atoms with Gasteiger partial charge in [-0.2, -0.15) is 0 Å². The van der Waals surface area contributed by atoms with E-state index in [1.54, 1.807) is 11.3 Å². The molecule has 0 aliphatic rings. The summed E-state index contributed by atoms with van der Waals surface area (Å²) in [5.74, 6) is -0.706. The van der Waals surface area contributed by atoms with Gasteiger partial charge in [0.2, 0.25) is 5.89 Å². The molecule has 124 valence electrons. The Labute approximate surface area is 150 Å². The molecule has 1 aromatic carbocycles. The van der Waals surface area contributed by atoms with Crippen LogP contribution >= 0.6 is 23.1 Å². The van der Waals surface area contributed by atoms with Crippen LogP contribution in [0.1, 0.15) is 0 Å². The number of fused-ring (bicyclic) bond motifs is 1.